The molecule has 30 heavy (non-hydrogen) atoms. The standard InChI is InChI=1S/C17H12FN7O4S/c18-10-3-1-9(2-4-10)15-12(16-19-17(30)21-20-16)8-23(22-15)13-6-5-11(24(26)27)7-14(13)25(28)29/h1-8,16,20H,(H2,19,21,30). The number of nitrogens with one attached hydrogen (secondary N) is 3. The van der Waals surface area contributed by atoms with Crippen LogP contribution in [0.15, 0.2) is 48.7 Å². The molecule has 1 fully saturated rings. The van der Waals surface area contributed by atoms with Crippen LogP contribution in [-0.4, -0.2) is 24.7 Å². The zero-order valence-corrected chi connectivity index (χ0v) is 15.7. The fourth-order valence-electron chi connectivity index (χ4n) is 3.02. The van der Waals surface area contributed by atoms with Crippen LogP contribution in [0.1, 0.15) is 11.7 Å². The van der Waals surface area contributed by atoms with Gasteiger partial charge in [-0.2, -0.15) is 5.10 Å². The largest absolute Gasteiger partial charge is 0.341 e. The van der Waals surface area contributed by atoms with Crippen molar-refractivity contribution in [3.8, 4) is 16.9 Å². The van der Waals surface area contributed by atoms with Crippen LogP contribution in [0.2, 0.25) is 0 Å². The number of nitro groups is 2. The summed E-state index contributed by atoms with van der Waals surface area (Å²) in [5.41, 5.74) is 6.36. The molecule has 0 spiro atoms. The molecule has 2 aromatic carbocycles. The Labute approximate surface area is 172 Å². The lowest BCUT2D eigenvalue weighted by atomic mass is 10.1. The predicted octanol–water partition coefficient (Wildman–Crippen LogP) is 2.48. The number of thiocarbonyl (C=S) groups is 1. The normalized spacial score (nSPS) is 15.5. The SMILES string of the molecule is O=[N+]([O-])c1ccc(-n2cc(C3NNC(=S)N3)c(-c3ccc(F)cc3)n2)c([N+](=O)[O-])c1. The van der Waals surface area contributed by atoms with Gasteiger partial charge < -0.3 is 5.32 Å². The number of non-ortho nitro benzene ring substituents is 1. The minimum atomic E-state index is -0.718. The molecule has 0 amide bonds. The summed E-state index contributed by atoms with van der Waals surface area (Å²) >= 11 is 5.05. The summed E-state index contributed by atoms with van der Waals surface area (Å²) in [7, 11) is 0. The van der Waals surface area contributed by atoms with Crippen molar-refractivity contribution in [2.75, 3.05) is 0 Å². The van der Waals surface area contributed by atoms with Crippen LogP contribution in [-0.2, 0) is 0 Å². The van der Waals surface area contributed by atoms with Gasteiger partial charge in [0.2, 0.25) is 0 Å². The molecule has 13 heteroatoms. The fourth-order valence-corrected chi connectivity index (χ4v) is 3.19. The Kier molecular flexibility index (Phi) is 4.81. The highest BCUT2D eigenvalue weighted by Gasteiger charge is 2.28. The number of hydrogen-bond donors (Lipinski definition) is 3. The number of benzene rings is 2. The van der Waals surface area contributed by atoms with Gasteiger partial charge in [-0.3, -0.25) is 25.7 Å². The number of nitrogens with zero attached hydrogens (tertiary/aromatic N) is 4. The van der Waals surface area contributed by atoms with Crippen LogP contribution in [0, 0.1) is 26.0 Å². The highest BCUT2D eigenvalue weighted by Crippen LogP contribution is 2.32. The average molecular weight is 429 g/mol. The maximum absolute atomic E-state index is 13.4. The smallest absolute Gasteiger partial charge is 0.301 e. The minimum absolute atomic E-state index is 0.0359. The number of halogens is 1. The van der Waals surface area contributed by atoms with Crippen LogP contribution < -0.4 is 16.2 Å². The first-order valence-corrected chi connectivity index (χ1v) is 8.85. The molecule has 1 atom stereocenters. The van der Waals surface area contributed by atoms with Crippen molar-refractivity contribution in [2.45, 2.75) is 6.17 Å². The van der Waals surface area contributed by atoms with E-state index in [4.69, 9.17) is 12.2 Å². The Bertz CT molecular complexity index is 1180. The van der Waals surface area contributed by atoms with Crippen LogP contribution in [0.3, 0.4) is 0 Å². The van der Waals surface area contributed by atoms with E-state index in [1.165, 1.54) is 41.2 Å². The Morgan fingerprint density at radius 2 is 1.83 bits per heavy atom. The van der Waals surface area contributed by atoms with Gasteiger partial charge in [-0.05, 0) is 42.5 Å². The van der Waals surface area contributed by atoms with Gasteiger partial charge in [-0.15, -0.1) is 0 Å². The maximum atomic E-state index is 13.4. The second kappa shape index (κ2) is 7.46. The van der Waals surface area contributed by atoms with E-state index in [-0.39, 0.29) is 5.69 Å². The molecule has 0 aliphatic carbocycles. The molecule has 4 rings (SSSR count). The molecule has 1 saturated heterocycles. The molecular formula is C17H12FN7O4S. The van der Waals surface area contributed by atoms with Gasteiger partial charge in [-0.25, -0.2) is 14.5 Å². The van der Waals surface area contributed by atoms with Gasteiger partial charge in [0.05, 0.1) is 21.6 Å². The quantitative estimate of drug-likeness (QED) is 0.317. The molecule has 1 aromatic heterocycles. The van der Waals surface area contributed by atoms with Crippen molar-refractivity contribution in [3.63, 3.8) is 0 Å². The number of hydrazine groups is 1. The first-order valence-electron chi connectivity index (χ1n) is 8.44. The lowest BCUT2D eigenvalue weighted by Gasteiger charge is -2.09. The summed E-state index contributed by atoms with van der Waals surface area (Å²) in [5.74, 6) is -0.425. The second-order valence-corrected chi connectivity index (χ2v) is 6.66. The molecular weight excluding hydrogens is 417 g/mol. The predicted molar refractivity (Wildman–Crippen MR) is 107 cm³/mol. The lowest BCUT2D eigenvalue weighted by Crippen LogP contribution is -2.26. The highest BCUT2D eigenvalue weighted by molar-refractivity contribution is 7.80. The monoisotopic (exact) mass is 429 g/mol. The van der Waals surface area contributed by atoms with E-state index < -0.39 is 33.2 Å². The van der Waals surface area contributed by atoms with Crippen LogP contribution in [0.4, 0.5) is 15.8 Å². The molecule has 3 aromatic rings. The number of hydrogen-bond acceptors (Lipinski definition) is 7. The van der Waals surface area contributed by atoms with Gasteiger partial charge in [0, 0.05) is 23.4 Å². The van der Waals surface area contributed by atoms with E-state index >= 15 is 0 Å². The van der Waals surface area contributed by atoms with Gasteiger partial charge in [0.15, 0.2) is 5.11 Å². The van der Waals surface area contributed by atoms with E-state index in [0.717, 1.165) is 12.1 Å². The Hall–Kier alpha value is -3.97. The first-order chi connectivity index (χ1) is 14.3. The van der Waals surface area contributed by atoms with E-state index in [2.05, 4.69) is 21.3 Å². The molecule has 11 nitrogen and oxygen atoms in total. The first kappa shape index (κ1) is 19.4. The molecule has 3 N–H and O–H groups in total. The van der Waals surface area contributed by atoms with Crippen molar-refractivity contribution in [1.29, 1.82) is 0 Å². The van der Waals surface area contributed by atoms with Crippen molar-refractivity contribution >= 4 is 28.7 Å². The molecule has 152 valence electrons. The van der Waals surface area contributed by atoms with Gasteiger partial charge >= 0.3 is 5.69 Å². The summed E-state index contributed by atoms with van der Waals surface area (Å²) in [5, 5.41) is 30.3. The zero-order chi connectivity index (χ0) is 21.4. The Morgan fingerprint density at radius 1 is 1.10 bits per heavy atom. The average Bonchev–Trinajstić information content (AvgIpc) is 3.34. The molecule has 1 aliphatic heterocycles. The third-order valence-electron chi connectivity index (χ3n) is 4.39. The van der Waals surface area contributed by atoms with E-state index in [1.807, 2.05) is 0 Å². The third kappa shape index (κ3) is 3.54. The lowest BCUT2D eigenvalue weighted by molar-refractivity contribution is -0.394. The zero-order valence-electron chi connectivity index (χ0n) is 14.9. The third-order valence-corrected chi connectivity index (χ3v) is 4.61. The molecule has 0 radical (unpaired) electrons. The van der Waals surface area contributed by atoms with Crippen molar-refractivity contribution in [2.24, 2.45) is 0 Å². The highest BCUT2D eigenvalue weighted by atomic mass is 32.1. The summed E-state index contributed by atoms with van der Waals surface area (Å²) in [4.78, 5) is 21.1. The van der Waals surface area contributed by atoms with Gasteiger partial charge in [-0.1, -0.05) is 0 Å². The van der Waals surface area contributed by atoms with Crippen LogP contribution in [0.5, 0.6) is 0 Å². The summed E-state index contributed by atoms with van der Waals surface area (Å²) < 4.78 is 14.6. The van der Waals surface area contributed by atoms with Crippen molar-refractivity contribution < 1.29 is 14.2 Å². The summed E-state index contributed by atoms with van der Waals surface area (Å²) in [6.07, 6.45) is 1.02. The summed E-state index contributed by atoms with van der Waals surface area (Å²) in [6.45, 7) is 0. The number of aromatic nitrogens is 2. The Morgan fingerprint density at radius 3 is 2.43 bits per heavy atom. The maximum Gasteiger partial charge on any atom is 0.301 e. The molecule has 1 aliphatic rings. The van der Waals surface area contributed by atoms with E-state index in [9.17, 15) is 24.6 Å². The second-order valence-electron chi connectivity index (χ2n) is 6.25. The van der Waals surface area contributed by atoms with Crippen LogP contribution in [0.25, 0.3) is 16.9 Å². The van der Waals surface area contributed by atoms with E-state index in [1.54, 1.807) is 0 Å². The molecule has 0 saturated carbocycles. The molecule has 0 bridgehead atoms. The topological polar surface area (TPSA) is 140 Å². The Balaban J connectivity index is 1.87. The van der Waals surface area contributed by atoms with Crippen molar-refractivity contribution in [3.05, 3.63) is 80.3 Å². The number of rotatable bonds is 5. The number of nitro benzene ring substituents is 2. The molecule has 2 heterocycles. The molecule has 1 unspecified atom stereocenters. The van der Waals surface area contributed by atoms with Crippen LogP contribution >= 0.6 is 12.2 Å². The van der Waals surface area contributed by atoms with E-state index in [0.29, 0.717) is 21.9 Å². The van der Waals surface area contributed by atoms with Gasteiger partial charge in [0.25, 0.3) is 5.69 Å². The van der Waals surface area contributed by atoms with Crippen molar-refractivity contribution in [1.82, 2.24) is 25.9 Å². The minimum Gasteiger partial charge on any atom is -0.341 e. The van der Waals surface area contributed by atoms with Gasteiger partial charge in [0.1, 0.15) is 17.7 Å². The fraction of sp³-hybridized carbons (Fsp3) is 0.0588. The summed E-state index contributed by atoms with van der Waals surface area (Å²) in [6, 6.07) is 8.86.